The highest BCUT2D eigenvalue weighted by Gasteiger charge is 2.59. The van der Waals surface area contributed by atoms with Crippen LogP contribution >= 0.6 is 12.0 Å². The van der Waals surface area contributed by atoms with E-state index in [-0.39, 0.29) is 17.6 Å². The topological polar surface area (TPSA) is 74.2 Å². The van der Waals surface area contributed by atoms with Gasteiger partial charge in [0.15, 0.2) is 0 Å². The zero-order chi connectivity index (χ0) is 16.7. The van der Waals surface area contributed by atoms with Crippen LogP contribution in [0.5, 0.6) is 0 Å². The number of esters is 1. The first-order valence-electron chi connectivity index (χ1n) is 7.58. The lowest BCUT2D eigenvalue weighted by molar-refractivity contribution is -0.433. The van der Waals surface area contributed by atoms with Crippen molar-refractivity contribution in [3.8, 4) is 0 Å². The molecule has 0 spiro atoms. The van der Waals surface area contributed by atoms with Crippen molar-refractivity contribution in [2.75, 3.05) is 13.7 Å². The fourth-order valence-corrected chi connectivity index (χ4v) is 5.41. The molecule has 4 bridgehead atoms. The number of ether oxygens (including phenoxy) is 2. The van der Waals surface area contributed by atoms with Gasteiger partial charge in [0.1, 0.15) is 12.0 Å². The third kappa shape index (κ3) is 3.34. The highest BCUT2D eigenvalue weighted by atomic mass is 32.2. The maximum Gasteiger partial charge on any atom is 0.415 e. The monoisotopic (exact) mass is 354 g/mol. The molecule has 23 heavy (non-hydrogen) atoms. The number of hydrogen-bond donors (Lipinski definition) is 1. The van der Waals surface area contributed by atoms with Crippen LogP contribution in [0.25, 0.3) is 0 Å². The number of hydrogen-bond acceptors (Lipinski definition) is 7. The summed E-state index contributed by atoms with van der Waals surface area (Å²) < 4.78 is 41.2. The summed E-state index contributed by atoms with van der Waals surface area (Å²) >= 11 is -0.597. The zero-order valence-electron chi connectivity index (χ0n) is 12.8. The lowest BCUT2D eigenvalue weighted by atomic mass is 9.48. The Labute approximate surface area is 136 Å². The van der Waals surface area contributed by atoms with E-state index in [1.807, 2.05) is 0 Å². The molecule has 2 atom stereocenters. The van der Waals surface area contributed by atoms with Gasteiger partial charge in [0.05, 0.1) is 12.2 Å². The summed E-state index contributed by atoms with van der Waals surface area (Å²) in [5.41, 5.74) is -0.466. The molecule has 9 heteroatoms. The molecule has 132 valence electrons. The molecule has 0 aliphatic heterocycles. The largest absolute Gasteiger partial charge is 0.460 e. The molecule has 2 unspecified atom stereocenters. The molecular formula is C14H20F2O6S. The highest BCUT2D eigenvalue weighted by Crippen LogP contribution is 2.62. The number of carbonyl (C=O) groups is 1. The minimum absolute atomic E-state index is 0.0416. The quantitative estimate of drug-likeness (QED) is 0.326. The summed E-state index contributed by atoms with van der Waals surface area (Å²) in [4.78, 5) is 11.6. The van der Waals surface area contributed by atoms with Gasteiger partial charge in [-0.25, -0.2) is 10.1 Å². The number of alkyl halides is 2. The molecule has 4 rings (SSSR count). The van der Waals surface area contributed by atoms with E-state index in [2.05, 4.69) is 9.37 Å². The second-order valence-electron chi connectivity index (χ2n) is 7.17. The van der Waals surface area contributed by atoms with Crippen LogP contribution in [0, 0.1) is 17.3 Å². The molecule has 0 radical (unpaired) electrons. The zero-order valence-corrected chi connectivity index (χ0v) is 13.6. The van der Waals surface area contributed by atoms with E-state index >= 15 is 0 Å². The predicted octanol–water partition coefficient (Wildman–Crippen LogP) is 3.18. The number of rotatable bonds is 7. The van der Waals surface area contributed by atoms with Crippen LogP contribution in [-0.2, 0) is 23.6 Å². The van der Waals surface area contributed by atoms with Gasteiger partial charge in [-0.1, -0.05) is 5.04 Å². The summed E-state index contributed by atoms with van der Waals surface area (Å²) in [6.07, 6.45) is 5.67. The lowest BCUT2D eigenvalue weighted by Gasteiger charge is -2.61. The van der Waals surface area contributed by atoms with Crippen LogP contribution in [0.3, 0.4) is 0 Å². The summed E-state index contributed by atoms with van der Waals surface area (Å²) in [5, 5.41) is 7.06. The van der Waals surface area contributed by atoms with E-state index in [0.29, 0.717) is 11.8 Å². The third-order valence-corrected chi connectivity index (χ3v) is 5.98. The molecule has 0 heterocycles. The van der Waals surface area contributed by atoms with Crippen LogP contribution in [0.1, 0.15) is 38.5 Å². The fourth-order valence-electron chi connectivity index (χ4n) is 5.17. The third-order valence-electron chi connectivity index (χ3n) is 5.48. The van der Waals surface area contributed by atoms with Crippen molar-refractivity contribution < 1.29 is 37.7 Å². The maximum absolute atomic E-state index is 13.5. The van der Waals surface area contributed by atoms with E-state index in [1.54, 1.807) is 7.11 Å². The lowest BCUT2D eigenvalue weighted by Crippen LogP contribution is -2.58. The highest BCUT2D eigenvalue weighted by molar-refractivity contribution is 7.96. The molecule has 0 aromatic carbocycles. The number of carbonyl (C=O) groups excluding carboxylic acids is 1. The van der Waals surface area contributed by atoms with Crippen LogP contribution in [0.4, 0.5) is 8.78 Å². The molecule has 1 N–H and O–H groups in total. The van der Waals surface area contributed by atoms with Gasteiger partial charge in [-0.05, 0) is 50.4 Å². The minimum atomic E-state index is -3.94. The van der Waals surface area contributed by atoms with Crippen molar-refractivity contribution in [1.29, 1.82) is 0 Å². The molecule has 4 aliphatic rings. The first-order valence-corrected chi connectivity index (χ1v) is 8.32. The molecule has 4 aliphatic carbocycles. The SMILES string of the molecule is COC12CC3CC(CC(COC(=O)C(F)(F)SOOO)(C3)C1)C2. The van der Waals surface area contributed by atoms with Gasteiger partial charge in [-0.3, -0.25) is 0 Å². The molecule has 0 saturated heterocycles. The van der Waals surface area contributed by atoms with Crippen molar-refractivity contribution in [2.45, 2.75) is 49.4 Å². The van der Waals surface area contributed by atoms with E-state index < -0.39 is 23.3 Å². The van der Waals surface area contributed by atoms with Gasteiger partial charge >= 0.3 is 11.2 Å². The summed E-state index contributed by atoms with van der Waals surface area (Å²) in [5.74, 6) is -0.673. The molecule has 0 amide bonds. The Kier molecular flexibility index (Phi) is 4.61. The van der Waals surface area contributed by atoms with Crippen molar-refractivity contribution in [1.82, 2.24) is 0 Å². The van der Waals surface area contributed by atoms with Crippen molar-refractivity contribution in [2.24, 2.45) is 17.3 Å². The second kappa shape index (κ2) is 6.11. The smallest absolute Gasteiger partial charge is 0.415 e. The standard InChI is InChI=1S/C14H20F2O6S/c1-19-13-5-9-2-10(6-13)4-12(3-9,7-13)8-20-11(17)14(15,16)23-22-21-18/h9-10,18H,2-8H2,1H3. The Balaban J connectivity index is 1.63. The van der Waals surface area contributed by atoms with Gasteiger partial charge in [-0.15, -0.1) is 4.33 Å². The van der Waals surface area contributed by atoms with Gasteiger partial charge in [0.2, 0.25) is 0 Å². The summed E-state index contributed by atoms with van der Waals surface area (Å²) in [7, 11) is 1.70. The fraction of sp³-hybridized carbons (Fsp3) is 0.929. The second-order valence-corrected chi connectivity index (χ2v) is 7.98. The van der Waals surface area contributed by atoms with Gasteiger partial charge < -0.3 is 9.47 Å². The first kappa shape index (κ1) is 17.3. The Morgan fingerprint density at radius 1 is 1.30 bits per heavy atom. The predicted molar refractivity (Wildman–Crippen MR) is 75.2 cm³/mol. The molecular weight excluding hydrogens is 334 g/mol. The Morgan fingerprint density at radius 3 is 2.52 bits per heavy atom. The van der Waals surface area contributed by atoms with Crippen molar-refractivity contribution >= 4 is 18.0 Å². The normalized spacial score (nSPS) is 38.8. The van der Waals surface area contributed by atoms with Crippen LogP contribution in [0.2, 0.25) is 0 Å². The Bertz CT molecular complexity index is 460. The molecule has 6 nitrogen and oxygen atoms in total. The van der Waals surface area contributed by atoms with Crippen LogP contribution < -0.4 is 0 Å². The Hall–Kier alpha value is -0.480. The van der Waals surface area contributed by atoms with Gasteiger partial charge in [0.25, 0.3) is 0 Å². The van der Waals surface area contributed by atoms with Gasteiger partial charge in [-0.2, -0.15) is 8.78 Å². The summed E-state index contributed by atoms with van der Waals surface area (Å²) in [6.45, 7) is -0.0416. The average molecular weight is 354 g/mol. The van der Waals surface area contributed by atoms with Crippen molar-refractivity contribution in [3.05, 3.63) is 0 Å². The van der Waals surface area contributed by atoms with E-state index in [0.717, 1.165) is 38.5 Å². The van der Waals surface area contributed by atoms with Crippen LogP contribution in [0.15, 0.2) is 0 Å². The molecule has 0 aromatic rings. The van der Waals surface area contributed by atoms with Crippen LogP contribution in [-0.4, -0.2) is 35.8 Å². The number of methoxy groups -OCH3 is 1. The van der Waals surface area contributed by atoms with E-state index in [1.165, 1.54) is 0 Å². The van der Waals surface area contributed by atoms with E-state index in [9.17, 15) is 13.6 Å². The maximum atomic E-state index is 13.5. The van der Waals surface area contributed by atoms with Crippen molar-refractivity contribution in [3.63, 3.8) is 0 Å². The Morgan fingerprint density at radius 2 is 1.96 bits per heavy atom. The molecule has 4 fully saturated rings. The minimum Gasteiger partial charge on any atom is -0.460 e. The van der Waals surface area contributed by atoms with Gasteiger partial charge in [0, 0.05) is 12.5 Å². The molecule has 0 aromatic heterocycles. The summed E-state index contributed by atoms with van der Waals surface area (Å²) in [6, 6.07) is 0. The average Bonchev–Trinajstić information content (AvgIpc) is 2.49. The molecule has 4 saturated carbocycles. The van der Waals surface area contributed by atoms with E-state index in [4.69, 9.17) is 14.7 Å². The number of halogens is 2. The first-order chi connectivity index (χ1) is 10.8.